The lowest BCUT2D eigenvalue weighted by Crippen LogP contribution is -2.51. The molecule has 0 aromatic heterocycles. The fourth-order valence-corrected chi connectivity index (χ4v) is 3.47. The van der Waals surface area contributed by atoms with E-state index in [1.807, 2.05) is 71.0 Å². The number of amides is 2. The van der Waals surface area contributed by atoms with Gasteiger partial charge in [-0.05, 0) is 62.4 Å². The highest BCUT2D eigenvalue weighted by Crippen LogP contribution is 2.22. The largest absolute Gasteiger partial charge is 0.483 e. The minimum absolute atomic E-state index is 0.0324. The summed E-state index contributed by atoms with van der Waals surface area (Å²) in [5.74, 6) is 0.249. The molecule has 0 fully saturated rings. The van der Waals surface area contributed by atoms with Crippen LogP contribution in [0.25, 0.3) is 0 Å². The predicted octanol–water partition coefficient (Wildman–Crippen LogP) is 5.06. The highest BCUT2D eigenvalue weighted by atomic mass is 35.5. The van der Waals surface area contributed by atoms with Gasteiger partial charge in [-0.25, -0.2) is 0 Å². The Kier molecular flexibility index (Phi) is 9.38. The molecule has 2 atom stereocenters. The number of hydrogen-bond donors (Lipinski definition) is 1. The maximum atomic E-state index is 13.3. The van der Waals surface area contributed by atoms with E-state index in [-0.39, 0.29) is 31.0 Å². The van der Waals surface area contributed by atoms with Crippen molar-refractivity contribution < 1.29 is 14.3 Å². The third kappa shape index (κ3) is 6.73. The molecule has 6 heteroatoms. The van der Waals surface area contributed by atoms with E-state index < -0.39 is 6.04 Å². The fraction of sp³-hybridized carbons (Fsp3) is 0.440. The molecule has 0 radical (unpaired) electrons. The van der Waals surface area contributed by atoms with Crippen molar-refractivity contribution in [3.05, 3.63) is 64.2 Å². The van der Waals surface area contributed by atoms with E-state index in [4.69, 9.17) is 16.3 Å². The van der Waals surface area contributed by atoms with Crippen molar-refractivity contribution in [3.8, 4) is 5.75 Å². The van der Waals surface area contributed by atoms with Gasteiger partial charge in [0.25, 0.3) is 5.91 Å². The lowest BCUT2D eigenvalue weighted by atomic mass is 10.1. The average molecular weight is 445 g/mol. The summed E-state index contributed by atoms with van der Waals surface area (Å²) in [6.45, 7) is 9.92. The van der Waals surface area contributed by atoms with Crippen LogP contribution in [0.3, 0.4) is 0 Å². The first-order valence-electron chi connectivity index (χ1n) is 10.8. The number of carbonyl (C=O) groups excluding carboxylic acids is 2. The van der Waals surface area contributed by atoms with Gasteiger partial charge in [0.15, 0.2) is 6.61 Å². The molecule has 2 rings (SSSR count). The van der Waals surface area contributed by atoms with Crippen molar-refractivity contribution >= 4 is 23.4 Å². The van der Waals surface area contributed by atoms with Crippen molar-refractivity contribution in [2.45, 2.75) is 66.1 Å². The number of hydrogen-bond acceptors (Lipinski definition) is 3. The molecule has 168 valence electrons. The monoisotopic (exact) mass is 444 g/mol. The molecule has 0 heterocycles. The number of aryl methyl sites for hydroxylation is 1. The first-order valence-corrected chi connectivity index (χ1v) is 11.2. The molecule has 2 aromatic rings. The molecule has 0 aliphatic carbocycles. The Morgan fingerprint density at radius 3 is 2.42 bits per heavy atom. The normalized spacial score (nSPS) is 12.7. The van der Waals surface area contributed by atoms with Crippen LogP contribution in [0.4, 0.5) is 0 Å². The molecular weight excluding hydrogens is 412 g/mol. The molecule has 2 aromatic carbocycles. The third-order valence-corrected chi connectivity index (χ3v) is 5.96. The fourth-order valence-electron chi connectivity index (χ4n) is 3.27. The number of nitrogens with zero attached hydrogens (tertiary/aromatic N) is 1. The van der Waals surface area contributed by atoms with Gasteiger partial charge in [0.1, 0.15) is 11.8 Å². The van der Waals surface area contributed by atoms with E-state index in [1.165, 1.54) is 0 Å². The molecule has 0 saturated carbocycles. The van der Waals surface area contributed by atoms with Crippen LogP contribution in [0.2, 0.25) is 5.02 Å². The summed E-state index contributed by atoms with van der Waals surface area (Å²) in [5.41, 5.74) is 2.88. The number of carbonyl (C=O) groups is 2. The molecule has 0 aliphatic rings. The molecule has 0 bridgehead atoms. The summed E-state index contributed by atoms with van der Waals surface area (Å²) in [6.07, 6.45) is 1.30. The van der Waals surface area contributed by atoms with E-state index in [1.54, 1.807) is 11.0 Å². The maximum absolute atomic E-state index is 13.3. The van der Waals surface area contributed by atoms with E-state index in [0.717, 1.165) is 23.1 Å². The lowest BCUT2D eigenvalue weighted by Gasteiger charge is -2.31. The van der Waals surface area contributed by atoms with Gasteiger partial charge in [-0.3, -0.25) is 9.59 Å². The van der Waals surface area contributed by atoms with Gasteiger partial charge in [-0.1, -0.05) is 55.8 Å². The van der Waals surface area contributed by atoms with E-state index in [0.29, 0.717) is 17.2 Å². The Hall–Kier alpha value is -2.53. The van der Waals surface area contributed by atoms with Crippen molar-refractivity contribution in [1.29, 1.82) is 0 Å². The molecule has 31 heavy (non-hydrogen) atoms. The van der Waals surface area contributed by atoms with Gasteiger partial charge in [0, 0.05) is 17.6 Å². The molecule has 5 nitrogen and oxygen atoms in total. The Labute approximate surface area is 190 Å². The minimum atomic E-state index is -0.611. The quantitative estimate of drug-likeness (QED) is 0.557. The summed E-state index contributed by atoms with van der Waals surface area (Å²) >= 11 is 6.35. The van der Waals surface area contributed by atoms with Gasteiger partial charge < -0.3 is 15.0 Å². The second-order valence-corrected chi connectivity index (χ2v) is 8.25. The van der Waals surface area contributed by atoms with Crippen LogP contribution in [0.15, 0.2) is 42.5 Å². The first kappa shape index (κ1) is 24.7. The van der Waals surface area contributed by atoms with Crippen molar-refractivity contribution in [2.24, 2.45) is 0 Å². The number of nitrogens with one attached hydrogen (secondary N) is 1. The molecule has 0 aliphatic heterocycles. The number of ether oxygens (including phenoxy) is 1. The highest BCUT2D eigenvalue weighted by molar-refractivity contribution is 6.31. The molecule has 1 N–H and O–H groups in total. The van der Waals surface area contributed by atoms with Crippen LogP contribution in [0.5, 0.6) is 5.75 Å². The lowest BCUT2D eigenvalue weighted by molar-refractivity contribution is -0.143. The molecule has 2 amide bonds. The standard InChI is InChI=1S/C25H33ClN2O3/c1-6-18(4)27-25(30)22(7-2)28(15-20-12-8-9-13-21(20)26)24(29)16-31-23-14-10-11-17(3)19(23)5/h8-14,18,22H,6-7,15-16H2,1-5H3,(H,27,30). The van der Waals surface area contributed by atoms with Gasteiger partial charge in [0.2, 0.25) is 5.91 Å². The Bertz CT molecular complexity index is 900. The van der Waals surface area contributed by atoms with E-state index in [2.05, 4.69) is 5.32 Å². The van der Waals surface area contributed by atoms with Crippen LogP contribution in [0, 0.1) is 13.8 Å². The summed E-state index contributed by atoms with van der Waals surface area (Å²) in [6, 6.07) is 12.5. The number of halogens is 1. The number of rotatable bonds is 10. The first-order chi connectivity index (χ1) is 14.8. The van der Waals surface area contributed by atoms with Crippen LogP contribution in [-0.4, -0.2) is 35.4 Å². The van der Waals surface area contributed by atoms with Gasteiger partial charge in [-0.2, -0.15) is 0 Å². The second kappa shape index (κ2) is 11.8. The van der Waals surface area contributed by atoms with Crippen molar-refractivity contribution in [2.75, 3.05) is 6.61 Å². The molecule has 2 unspecified atom stereocenters. The molecule has 0 saturated heterocycles. The van der Waals surface area contributed by atoms with Gasteiger partial charge in [-0.15, -0.1) is 0 Å². The zero-order chi connectivity index (χ0) is 23.0. The Morgan fingerprint density at radius 2 is 1.77 bits per heavy atom. The van der Waals surface area contributed by atoms with Crippen LogP contribution in [-0.2, 0) is 16.1 Å². The topological polar surface area (TPSA) is 58.6 Å². The van der Waals surface area contributed by atoms with E-state index in [9.17, 15) is 9.59 Å². The van der Waals surface area contributed by atoms with Crippen LogP contribution >= 0.6 is 11.6 Å². The third-order valence-electron chi connectivity index (χ3n) is 5.59. The minimum Gasteiger partial charge on any atom is -0.483 e. The Morgan fingerprint density at radius 1 is 1.06 bits per heavy atom. The van der Waals surface area contributed by atoms with Crippen molar-refractivity contribution in [1.82, 2.24) is 10.2 Å². The second-order valence-electron chi connectivity index (χ2n) is 7.84. The SMILES string of the molecule is CCC(C)NC(=O)C(CC)N(Cc1ccccc1Cl)C(=O)COc1cccc(C)c1C. The zero-order valence-corrected chi connectivity index (χ0v) is 19.8. The predicted molar refractivity (Wildman–Crippen MR) is 125 cm³/mol. The Balaban J connectivity index is 2.26. The zero-order valence-electron chi connectivity index (χ0n) is 19.1. The van der Waals surface area contributed by atoms with Gasteiger partial charge in [0.05, 0.1) is 0 Å². The van der Waals surface area contributed by atoms with E-state index >= 15 is 0 Å². The van der Waals surface area contributed by atoms with Crippen LogP contribution < -0.4 is 10.1 Å². The summed E-state index contributed by atoms with van der Waals surface area (Å²) < 4.78 is 5.85. The summed E-state index contributed by atoms with van der Waals surface area (Å²) in [4.78, 5) is 27.8. The summed E-state index contributed by atoms with van der Waals surface area (Å²) in [5, 5.41) is 3.56. The molecule has 0 spiro atoms. The van der Waals surface area contributed by atoms with Gasteiger partial charge >= 0.3 is 0 Å². The molecular formula is C25H33ClN2O3. The van der Waals surface area contributed by atoms with Crippen LogP contribution in [0.1, 0.15) is 50.3 Å². The maximum Gasteiger partial charge on any atom is 0.261 e. The smallest absolute Gasteiger partial charge is 0.261 e. The number of benzene rings is 2. The highest BCUT2D eigenvalue weighted by Gasteiger charge is 2.30. The van der Waals surface area contributed by atoms with Crippen molar-refractivity contribution in [3.63, 3.8) is 0 Å². The average Bonchev–Trinajstić information content (AvgIpc) is 2.75. The summed E-state index contributed by atoms with van der Waals surface area (Å²) in [7, 11) is 0.